The van der Waals surface area contributed by atoms with E-state index in [0.29, 0.717) is 22.9 Å². The number of imidazole rings is 2. The molecule has 3 aromatic heterocycles. The average Bonchev–Trinajstić information content (AvgIpc) is 3.47. The number of hydrogen-bond acceptors (Lipinski definition) is 4. The van der Waals surface area contributed by atoms with Crippen LogP contribution in [0.3, 0.4) is 0 Å². The third-order valence-electron chi connectivity index (χ3n) is 5.49. The van der Waals surface area contributed by atoms with Crippen LogP contribution >= 0.6 is 11.6 Å². The van der Waals surface area contributed by atoms with E-state index in [4.69, 9.17) is 16.3 Å². The highest BCUT2D eigenvalue weighted by Crippen LogP contribution is 2.23. The standard InChI is InChI=1S/C26H22ClN5O2/c1-31-14-12-28-25(31)24(18-8-10-20(27)11-9-18)30-26(33)19-5-4-6-22(15-19)34-17-21-16-32-13-3-2-7-23(32)29-21/h2-16,24H,17H2,1H3,(H,30,33)/t24-/m1/s1. The fraction of sp³-hybridized carbons (Fsp3) is 0.115. The van der Waals surface area contributed by atoms with E-state index in [0.717, 1.165) is 22.7 Å². The lowest BCUT2D eigenvalue weighted by atomic mass is 10.1. The number of nitrogens with one attached hydrogen (secondary N) is 1. The first-order chi connectivity index (χ1) is 16.6. The monoisotopic (exact) mass is 471 g/mol. The molecule has 0 fully saturated rings. The highest BCUT2D eigenvalue weighted by Gasteiger charge is 2.21. The number of halogens is 1. The Hall–Kier alpha value is -4.10. The summed E-state index contributed by atoms with van der Waals surface area (Å²) in [6, 6.07) is 19.9. The predicted octanol–water partition coefficient (Wildman–Crippen LogP) is 4.82. The zero-order valence-electron chi connectivity index (χ0n) is 18.4. The number of carbonyl (C=O) groups is 1. The van der Waals surface area contributed by atoms with E-state index in [2.05, 4.69) is 15.3 Å². The number of nitrogens with zero attached hydrogens (tertiary/aromatic N) is 4. The Labute approximate surface area is 201 Å². The summed E-state index contributed by atoms with van der Waals surface area (Å²) in [6.07, 6.45) is 7.42. The number of aryl methyl sites for hydroxylation is 1. The zero-order valence-corrected chi connectivity index (χ0v) is 19.2. The van der Waals surface area contributed by atoms with Crippen LogP contribution in [0, 0.1) is 0 Å². The van der Waals surface area contributed by atoms with Gasteiger partial charge >= 0.3 is 0 Å². The van der Waals surface area contributed by atoms with Gasteiger partial charge < -0.3 is 19.0 Å². The molecule has 34 heavy (non-hydrogen) atoms. The molecule has 0 radical (unpaired) electrons. The molecule has 0 spiro atoms. The van der Waals surface area contributed by atoms with Gasteiger partial charge in [0.25, 0.3) is 5.91 Å². The fourth-order valence-electron chi connectivity index (χ4n) is 3.76. The zero-order chi connectivity index (χ0) is 23.5. The Kier molecular flexibility index (Phi) is 6.01. The largest absolute Gasteiger partial charge is 0.487 e. The Morgan fingerprint density at radius 1 is 1.09 bits per heavy atom. The molecule has 8 heteroatoms. The maximum absolute atomic E-state index is 13.2. The van der Waals surface area contributed by atoms with E-state index in [1.54, 1.807) is 36.5 Å². The van der Waals surface area contributed by atoms with Crippen molar-refractivity contribution in [2.24, 2.45) is 7.05 Å². The fourth-order valence-corrected chi connectivity index (χ4v) is 3.89. The minimum atomic E-state index is -0.438. The smallest absolute Gasteiger partial charge is 0.252 e. The summed E-state index contributed by atoms with van der Waals surface area (Å²) in [5, 5.41) is 3.72. The summed E-state index contributed by atoms with van der Waals surface area (Å²) in [7, 11) is 1.89. The second kappa shape index (κ2) is 9.41. The summed E-state index contributed by atoms with van der Waals surface area (Å²) in [5.41, 5.74) is 3.03. The maximum Gasteiger partial charge on any atom is 0.252 e. The molecule has 3 heterocycles. The van der Waals surface area contributed by atoms with Gasteiger partial charge in [0.05, 0.1) is 5.69 Å². The normalized spacial score (nSPS) is 11.9. The predicted molar refractivity (Wildman–Crippen MR) is 130 cm³/mol. The van der Waals surface area contributed by atoms with Gasteiger partial charge in [-0.2, -0.15) is 0 Å². The van der Waals surface area contributed by atoms with Gasteiger partial charge in [-0.05, 0) is 48.0 Å². The van der Waals surface area contributed by atoms with E-state index >= 15 is 0 Å². The second-order valence-electron chi connectivity index (χ2n) is 7.87. The Morgan fingerprint density at radius 2 is 1.94 bits per heavy atom. The molecule has 0 saturated heterocycles. The number of rotatable bonds is 7. The summed E-state index contributed by atoms with van der Waals surface area (Å²) >= 11 is 6.06. The summed E-state index contributed by atoms with van der Waals surface area (Å²) in [6.45, 7) is 0.299. The number of pyridine rings is 1. The van der Waals surface area contributed by atoms with Gasteiger partial charge in [-0.1, -0.05) is 35.9 Å². The first-order valence-corrected chi connectivity index (χ1v) is 11.1. The summed E-state index contributed by atoms with van der Waals surface area (Å²) in [4.78, 5) is 22.2. The Bertz CT molecular complexity index is 1410. The van der Waals surface area contributed by atoms with Crippen LogP contribution in [0.2, 0.25) is 5.02 Å². The highest BCUT2D eigenvalue weighted by atomic mass is 35.5. The van der Waals surface area contributed by atoms with Gasteiger partial charge in [0.1, 0.15) is 29.9 Å². The van der Waals surface area contributed by atoms with Crippen molar-refractivity contribution in [2.75, 3.05) is 0 Å². The van der Waals surface area contributed by atoms with E-state index in [-0.39, 0.29) is 5.91 Å². The maximum atomic E-state index is 13.2. The SMILES string of the molecule is Cn1ccnc1[C@H](NC(=O)c1cccc(OCc2cn3ccccc3n2)c1)c1ccc(Cl)cc1. The molecule has 2 aromatic carbocycles. The minimum absolute atomic E-state index is 0.235. The van der Waals surface area contributed by atoms with Gasteiger partial charge in [-0.3, -0.25) is 4.79 Å². The molecule has 5 rings (SSSR count). The van der Waals surface area contributed by atoms with Crippen molar-refractivity contribution in [3.63, 3.8) is 0 Å². The molecule has 170 valence electrons. The molecule has 5 aromatic rings. The molecular formula is C26H22ClN5O2. The highest BCUT2D eigenvalue weighted by molar-refractivity contribution is 6.30. The number of benzene rings is 2. The van der Waals surface area contributed by atoms with Crippen LogP contribution < -0.4 is 10.1 Å². The number of amides is 1. The summed E-state index contributed by atoms with van der Waals surface area (Å²) in [5.74, 6) is 1.07. The first kappa shape index (κ1) is 21.7. The van der Waals surface area contributed by atoms with Crippen LogP contribution in [-0.4, -0.2) is 24.8 Å². The van der Waals surface area contributed by atoms with Crippen LogP contribution in [-0.2, 0) is 13.7 Å². The van der Waals surface area contributed by atoms with Crippen molar-refractivity contribution in [2.45, 2.75) is 12.6 Å². The quantitative estimate of drug-likeness (QED) is 0.369. The lowest BCUT2D eigenvalue weighted by Gasteiger charge is -2.19. The molecule has 1 amide bonds. The molecule has 0 saturated carbocycles. The van der Waals surface area contributed by atoms with Crippen LogP contribution in [0.15, 0.2) is 91.5 Å². The molecule has 7 nitrogen and oxygen atoms in total. The molecule has 1 atom stereocenters. The molecule has 0 aliphatic carbocycles. The number of aromatic nitrogens is 4. The molecule has 0 aliphatic heterocycles. The van der Waals surface area contributed by atoms with E-state index in [1.165, 1.54) is 0 Å². The van der Waals surface area contributed by atoms with Gasteiger partial charge in [0.15, 0.2) is 0 Å². The van der Waals surface area contributed by atoms with Crippen LogP contribution in [0.1, 0.15) is 33.5 Å². The van der Waals surface area contributed by atoms with E-state index < -0.39 is 6.04 Å². The molecule has 0 bridgehead atoms. The molecule has 1 N–H and O–H groups in total. The second-order valence-corrected chi connectivity index (χ2v) is 8.31. The Morgan fingerprint density at radius 3 is 2.71 bits per heavy atom. The molecule has 0 unspecified atom stereocenters. The lowest BCUT2D eigenvalue weighted by Crippen LogP contribution is -2.31. The number of hydrogen-bond donors (Lipinski definition) is 1. The van der Waals surface area contributed by atoms with E-state index in [9.17, 15) is 4.79 Å². The van der Waals surface area contributed by atoms with Crippen LogP contribution in [0.25, 0.3) is 5.65 Å². The minimum Gasteiger partial charge on any atom is -0.487 e. The van der Waals surface area contributed by atoms with Crippen molar-refractivity contribution in [1.29, 1.82) is 0 Å². The third kappa shape index (κ3) is 4.65. The van der Waals surface area contributed by atoms with Crippen molar-refractivity contribution in [3.05, 3.63) is 119 Å². The van der Waals surface area contributed by atoms with Crippen molar-refractivity contribution < 1.29 is 9.53 Å². The van der Waals surface area contributed by atoms with Crippen molar-refractivity contribution >= 4 is 23.2 Å². The van der Waals surface area contributed by atoms with Crippen molar-refractivity contribution in [1.82, 2.24) is 24.3 Å². The van der Waals surface area contributed by atoms with Crippen LogP contribution in [0.5, 0.6) is 5.75 Å². The number of fused-ring (bicyclic) bond motifs is 1. The summed E-state index contributed by atoms with van der Waals surface area (Å²) < 4.78 is 9.74. The van der Waals surface area contributed by atoms with Gasteiger partial charge in [0.2, 0.25) is 0 Å². The van der Waals surface area contributed by atoms with Crippen LogP contribution in [0.4, 0.5) is 0 Å². The molecular weight excluding hydrogens is 450 g/mol. The van der Waals surface area contributed by atoms with E-state index in [1.807, 2.05) is 71.0 Å². The average molecular weight is 472 g/mol. The number of carbonyl (C=O) groups excluding carboxylic acids is 1. The lowest BCUT2D eigenvalue weighted by molar-refractivity contribution is 0.0940. The van der Waals surface area contributed by atoms with Gasteiger partial charge in [-0.25, -0.2) is 9.97 Å². The van der Waals surface area contributed by atoms with Gasteiger partial charge in [-0.15, -0.1) is 0 Å². The number of ether oxygens (including phenoxy) is 1. The topological polar surface area (TPSA) is 73.5 Å². The third-order valence-corrected chi connectivity index (χ3v) is 5.74. The van der Waals surface area contributed by atoms with Gasteiger partial charge in [0, 0.05) is 42.4 Å². The Balaban J connectivity index is 1.33. The first-order valence-electron chi connectivity index (χ1n) is 10.8. The van der Waals surface area contributed by atoms with Crippen molar-refractivity contribution in [3.8, 4) is 5.75 Å². The molecule has 0 aliphatic rings.